The van der Waals surface area contributed by atoms with Crippen LogP contribution >= 0.6 is 0 Å². The van der Waals surface area contributed by atoms with E-state index in [0.29, 0.717) is 0 Å². The third-order valence-corrected chi connectivity index (χ3v) is 5.65. The van der Waals surface area contributed by atoms with Crippen molar-refractivity contribution in [2.24, 2.45) is 0 Å². The van der Waals surface area contributed by atoms with Gasteiger partial charge in [0.2, 0.25) is 0 Å². The van der Waals surface area contributed by atoms with Crippen LogP contribution in [-0.2, 0) is 15.9 Å². The average Bonchev–Trinajstić information content (AvgIpc) is 3.55. The molecule has 0 bridgehead atoms. The fourth-order valence-electron chi connectivity index (χ4n) is 4.26. The number of methoxy groups -OCH3 is 1. The van der Waals surface area contributed by atoms with E-state index >= 15 is 0 Å². The molecule has 5 rings (SSSR count). The number of Topliss-reactive ketones (excluding diaryl/α,β-unsaturated/α-hetero) is 1. The molecule has 1 spiro atoms. The second-order valence-electron chi connectivity index (χ2n) is 7.03. The Morgan fingerprint density at radius 3 is 2.80 bits per heavy atom. The predicted molar refractivity (Wildman–Crippen MR) is 91.9 cm³/mol. The van der Waals surface area contributed by atoms with Gasteiger partial charge in [0.1, 0.15) is 24.1 Å². The van der Waals surface area contributed by atoms with Crippen molar-refractivity contribution in [3.05, 3.63) is 65.2 Å². The van der Waals surface area contributed by atoms with Gasteiger partial charge in [-0.1, -0.05) is 42.5 Å². The number of ketones is 1. The standard InChI is InChI=1S/C21H20O4/c1-23-16-11-5-4-10-15(16)17-18(24-17)20-21(25-20)12-6-8-13-7-2-3-9-14(13)19(21)22/h2-5,7,9-11,17-18,20H,6,8,12H2,1H3/t17-,18+,20-,21-/m1/s1. The van der Waals surface area contributed by atoms with E-state index < -0.39 is 5.60 Å². The Morgan fingerprint density at radius 2 is 1.92 bits per heavy atom. The number of aryl methyl sites for hydroxylation is 1. The molecule has 2 aromatic rings. The Morgan fingerprint density at radius 1 is 1.12 bits per heavy atom. The highest BCUT2D eigenvalue weighted by Gasteiger charge is 2.71. The lowest BCUT2D eigenvalue weighted by Gasteiger charge is -2.09. The maximum absolute atomic E-state index is 13.1. The van der Waals surface area contributed by atoms with Gasteiger partial charge in [-0.3, -0.25) is 4.79 Å². The van der Waals surface area contributed by atoms with Gasteiger partial charge in [-0.15, -0.1) is 0 Å². The summed E-state index contributed by atoms with van der Waals surface area (Å²) in [5.41, 5.74) is 2.30. The van der Waals surface area contributed by atoms with Gasteiger partial charge in [0.25, 0.3) is 0 Å². The first-order valence-corrected chi connectivity index (χ1v) is 8.83. The van der Waals surface area contributed by atoms with Crippen molar-refractivity contribution in [3.8, 4) is 5.75 Å². The van der Waals surface area contributed by atoms with Crippen molar-refractivity contribution >= 4 is 5.78 Å². The molecule has 2 aromatic carbocycles. The third kappa shape index (κ3) is 2.25. The zero-order chi connectivity index (χ0) is 17.0. The summed E-state index contributed by atoms with van der Waals surface area (Å²) in [5.74, 6) is 0.946. The summed E-state index contributed by atoms with van der Waals surface area (Å²) in [4.78, 5) is 13.1. The first kappa shape index (κ1) is 15.1. The maximum Gasteiger partial charge on any atom is 0.197 e. The molecule has 2 heterocycles. The molecule has 2 aliphatic heterocycles. The number of hydrogen-bond acceptors (Lipinski definition) is 4. The van der Waals surface area contributed by atoms with Gasteiger partial charge in [0, 0.05) is 11.1 Å². The van der Waals surface area contributed by atoms with Gasteiger partial charge in [-0.2, -0.15) is 0 Å². The molecule has 0 N–H and O–H groups in total. The van der Waals surface area contributed by atoms with Crippen LogP contribution in [0.1, 0.15) is 40.4 Å². The molecule has 2 saturated heterocycles. The van der Waals surface area contributed by atoms with Gasteiger partial charge in [0.05, 0.1) is 7.11 Å². The lowest BCUT2D eigenvalue weighted by atomic mass is 9.89. The van der Waals surface area contributed by atoms with Crippen molar-refractivity contribution in [2.45, 2.75) is 43.2 Å². The molecule has 0 amide bonds. The van der Waals surface area contributed by atoms with Crippen molar-refractivity contribution in [1.82, 2.24) is 0 Å². The summed E-state index contributed by atoms with van der Waals surface area (Å²) in [5, 5.41) is 0. The second-order valence-corrected chi connectivity index (χ2v) is 7.03. The lowest BCUT2D eigenvalue weighted by molar-refractivity contribution is 0.0867. The fraction of sp³-hybridized carbons (Fsp3) is 0.381. The normalized spacial score (nSPS) is 32.8. The number of fused-ring (bicyclic) bond motifs is 1. The Balaban J connectivity index is 1.40. The molecule has 4 nitrogen and oxygen atoms in total. The van der Waals surface area contributed by atoms with E-state index in [1.54, 1.807) is 7.11 Å². The maximum atomic E-state index is 13.1. The van der Waals surface area contributed by atoms with Crippen molar-refractivity contribution in [1.29, 1.82) is 0 Å². The summed E-state index contributed by atoms with van der Waals surface area (Å²) < 4.78 is 17.4. The van der Waals surface area contributed by atoms with Gasteiger partial charge in [0.15, 0.2) is 11.4 Å². The van der Waals surface area contributed by atoms with Gasteiger partial charge < -0.3 is 14.2 Å². The Bertz CT molecular complexity index is 845. The van der Waals surface area contributed by atoms with E-state index in [1.165, 1.54) is 0 Å². The topological polar surface area (TPSA) is 51.4 Å². The number of hydrogen-bond donors (Lipinski definition) is 0. The number of carbonyl (C=O) groups is 1. The first-order valence-electron chi connectivity index (χ1n) is 8.83. The smallest absolute Gasteiger partial charge is 0.197 e. The highest BCUT2D eigenvalue weighted by Crippen LogP contribution is 2.57. The number of epoxide rings is 2. The number of para-hydroxylation sites is 1. The molecule has 0 radical (unpaired) electrons. The lowest BCUT2D eigenvalue weighted by Crippen LogP contribution is -2.29. The van der Waals surface area contributed by atoms with Crippen LogP contribution in [0.2, 0.25) is 0 Å². The quantitative estimate of drug-likeness (QED) is 0.805. The minimum atomic E-state index is -0.686. The third-order valence-electron chi connectivity index (χ3n) is 5.65. The number of rotatable bonds is 3. The molecule has 1 aliphatic carbocycles. The Labute approximate surface area is 146 Å². The minimum Gasteiger partial charge on any atom is -0.496 e. The zero-order valence-electron chi connectivity index (χ0n) is 14.1. The molecule has 4 atom stereocenters. The average molecular weight is 336 g/mol. The van der Waals surface area contributed by atoms with E-state index in [4.69, 9.17) is 14.2 Å². The van der Waals surface area contributed by atoms with Crippen molar-refractivity contribution < 1.29 is 19.0 Å². The van der Waals surface area contributed by atoms with Crippen molar-refractivity contribution in [2.75, 3.05) is 7.11 Å². The van der Waals surface area contributed by atoms with Gasteiger partial charge >= 0.3 is 0 Å². The summed E-state index contributed by atoms with van der Waals surface area (Å²) in [6, 6.07) is 15.8. The van der Waals surface area contributed by atoms with Crippen LogP contribution in [0, 0.1) is 0 Å². The Hall–Kier alpha value is -2.17. The van der Waals surface area contributed by atoms with Gasteiger partial charge in [-0.05, 0) is 30.9 Å². The predicted octanol–water partition coefficient (Wildman–Crippen LogP) is 3.49. The molecular weight excluding hydrogens is 316 g/mol. The van der Waals surface area contributed by atoms with Gasteiger partial charge in [-0.25, -0.2) is 0 Å². The molecule has 2 fully saturated rings. The number of ether oxygens (including phenoxy) is 3. The first-order chi connectivity index (χ1) is 12.2. The summed E-state index contributed by atoms with van der Waals surface area (Å²) >= 11 is 0. The SMILES string of the molecule is COc1ccccc1[C@H]1O[C@@H]1[C@H]1O[C@@]12CCCc1ccccc1C2=O. The van der Waals surface area contributed by atoms with Crippen LogP contribution in [0.3, 0.4) is 0 Å². The minimum absolute atomic E-state index is 0.0492. The second kappa shape index (κ2) is 5.41. The van der Waals surface area contributed by atoms with Crippen LogP contribution in [0.5, 0.6) is 5.75 Å². The Kier molecular flexibility index (Phi) is 3.27. The van der Waals surface area contributed by atoms with Crippen LogP contribution < -0.4 is 4.74 Å². The van der Waals surface area contributed by atoms with E-state index in [0.717, 1.165) is 41.7 Å². The van der Waals surface area contributed by atoms with E-state index in [2.05, 4.69) is 6.07 Å². The van der Waals surface area contributed by atoms with Crippen LogP contribution in [0.4, 0.5) is 0 Å². The fourth-order valence-corrected chi connectivity index (χ4v) is 4.26. The number of carbonyl (C=O) groups excluding carboxylic acids is 1. The number of benzene rings is 2. The summed E-state index contributed by atoms with van der Waals surface area (Å²) in [7, 11) is 1.66. The molecule has 4 heteroatoms. The molecule has 25 heavy (non-hydrogen) atoms. The summed E-state index contributed by atoms with van der Waals surface area (Å²) in [6.45, 7) is 0. The molecule has 0 unspecified atom stereocenters. The van der Waals surface area contributed by atoms with Crippen LogP contribution in [0.25, 0.3) is 0 Å². The zero-order valence-corrected chi connectivity index (χ0v) is 14.1. The highest BCUT2D eigenvalue weighted by atomic mass is 16.7. The van der Waals surface area contributed by atoms with Crippen molar-refractivity contribution in [3.63, 3.8) is 0 Å². The molecular formula is C21H20O4. The van der Waals surface area contributed by atoms with Crippen LogP contribution in [-0.4, -0.2) is 30.7 Å². The van der Waals surface area contributed by atoms with Crippen LogP contribution in [0.15, 0.2) is 48.5 Å². The molecule has 128 valence electrons. The molecule has 0 saturated carbocycles. The largest absolute Gasteiger partial charge is 0.496 e. The van der Waals surface area contributed by atoms with E-state index in [1.807, 2.05) is 42.5 Å². The van der Waals surface area contributed by atoms with E-state index in [9.17, 15) is 4.79 Å². The highest BCUT2D eigenvalue weighted by molar-refractivity contribution is 6.06. The van der Waals surface area contributed by atoms with E-state index in [-0.39, 0.29) is 24.1 Å². The molecule has 0 aromatic heterocycles. The summed E-state index contributed by atoms with van der Waals surface area (Å²) in [6.07, 6.45) is 2.40. The molecule has 3 aliphatic rings. The monoisotopic (exact) mass is 336 g/mol.